The van der Waals surface area contributed by atoms with E-state index in [1.807, 2.05) is 6.92 Å². The van der Waals surface area contributed by atoms with Gasteiger partial charge in [0.1, 0.15) is 6.54 Å². The van der Waals surface area contributed by atoms with E-state index in [2.05, 4.69) is 5.32 Å². The maximum Gasteiger partial charge on any atom is 0.325 e. The van der Waals surface area contributed by atoms with Crippen LogP contribution in [0.3, 0.4) is 0 Å². The third-order valence-corrected chi connectivity index (χ3v) is 4.35. The van der Waals surface area contributed by atoms with Crippen molar-refractivity contribution in [2.45, 2.75) is 51.2 Å². The lowest BCUT2D eigenvalue weighted by atomic mass is 10.1. The maximum absolute atomic E-state index is 11.9. The van der Waals surface area contributed by atoms with Crippen LogP contribution in [0.4, 0.5) is 0 Å². The number of carbonyl (C=O) groups is 3. The summed E-state index contributed by atoms with van der Waals surface area (Å²) in [6.07, 6.45) is 4.18. The Morgan fingerprint density at radius 3 is 2.70 bits per heavy atom. The fourth-order valence-corrected chi connectivity index (χ4v) is 3.26. The van der Waals surface area contributed by atoms with Crippen molar-refractivity contribution in [1.29, 1.82) is 0 Å². The van der Waals surface area contributed by atoms with Gasteiger partial charge in [-0.3, -0.25) is 14.4 Å². The van der Waals surface area contributed by atoms with Gasteiger partial charge in [-0.05, 0) is 25.7 Å². The number of rotatable bonds is 7. The first kappa shape index (κ1) is 17.0. The molecule has 2 atom stereocenters. The molecule has 1 N–H and O–H groups in total. The average molecular weight is 301 g/mol. The highest BCUT2D eigenvalue weighted by Crippen LogP contribution is 2.34. The van der Waals surface area contributed by atoms with Crippen molar-refractivity contribution in [3.63, 3.8) is 0 Å². The molecule has 0 aromatic heterocycles. The van der Waals surface area contributed by atoms with Crippen LogP contribution in [0.15, 0.2) is 0 Å². The predicted molar refractivity (Wildman–Crippen MR) is 78.3 cm³/mol. The predicted octanol–water partition coefficient (Wildman–Crippen LogP) is 1.89. The Hall–Kier alpha value is -1.04. The van der Waals surface area contributed by atoms with Gasteiger partial charge in [-0.2, -0.15) is 0 Å². The molecule has 1 fully saturated rings. The summed E-state index contributed by atoms with van der Waals surface area (Å²) in [5, 5.41) is 2.95. The second kappa shape index (κ2) is 9.00. The molecule has 0 aliphatic heterocycles. The smallest absolute Gasteiger partial charge is 0.325 e. The summed E-state index contributed by atoms with van der Waals surface area (Å²) in [6.45, 7) is 3.91. The highest BCUT2D eigenvalue weighted by Gasteiger charge is 2.31. The number of thioether (sulfide) groups is 1. The van der Waals surface area contributed by atoms with Gasteiger partial charge in [0.2, 0.25) is 5.91 Å². The molecule has 0 aromatic rings. The van der Waals surface area contributed by atoms with Crippen LogP contribution in [0.25, 0.3) is 0 Å². The standard InChI is InChI=1S/C14H23NO4S/c1-3-4-7-19-13(17)9-15-14(18)11-5-6-12(8-11)20-10(2)16/h11-12H,3-9H2,1-2H3,(H,15,18). The van der Waals surface area contributed by atoms with Gasteiger partial charge in [0.25, 0.3) is 0 Å². The van der Waals surface area contributed by atoms with E-state index < -0.39 is 0 Å². The van der Waals surface area contributed by atoms with Gasteiger partial charge in [-0.25, -0.2) is 0 Å². The van der Waals surface area contributed by atoms with Crippen LogP contribution < -0.4 is 5.32 Å². The van der Waals surface area contributed by atoms with E-state index in [1.54, 1.807) is 6.92 Å². The SMILES string of the molecule is CCCCOC(=O)CNC(=O)C1CCC(SC(C)=O)C1. The Morgan fingerprint density at radius 1 is 1.30 bits per heavy atom. The molecule has 6 heteroatoms. The highest BCUT2D eigenvalue weighted by atomic mass is 32.2. The maximum atomic E-state index is 11.9. The summed E-state index contributed by atoms with van der Waals surface area (Å²) in [5.41, 5.74) is 0. The summed E-state index contributed by atoms with van der Waals surface area (Å²) < 4.78 is 4.97. The van der Waals surface area contributed by atoms with Gasteiger partial charge in [-0.1, -0.05) is 25.1 Å². The van der Waals surface area contributed by atoms with Crippen molar-refractivity contribution in [2.75, 3.05) is 13.2 Å². The fourth-order valence-electron chi connectivity index (χ4n) is 2.20. The molecular weight excluding hydrogens is 278 g/mol. The number of hydrogen-bond donors (Lipinski definition) is 1. The second-order valence-corrected chi connectivity index (χ2v) is 6.51. The molecule has 2 unspecified atom stereocenters. The molecule has 0 heterocycles. The third kappa shape index (κ3) is 6.41. The van der Waals surface area contributed by atoms with Crippen molar-refractivity contribution in [3.05, 3.63) is 0 Å². The Balaban J connectivity index is 2.20. The van der Waals surface area contributed by atoms with Gasteiger partial charge >= 0.3 is 5.97 Å². The Kier molecular flexibility index (Phi) is 7.65. The van der Waals surface area contributed by atoms with E-state index in [9.17, 15) is 14.4 Å². The number of carbonyl (C=O) groups excluding carboxylic acids is 3. The average Bonchev–Trinajstić information content (AvgIpc) is 2.84. The van der Waals surface area contributed by atoms with Crippen LogP contribution in [0.1, 0.15) is 46.0 Å². The van der Waals surface area contributed by atoms with E-state index in [4.69, 9.17) is 4.74 Å². The van der Waals surface area contributed by atoms with Gasteiger partial charge in [0.15, 0.2) is 5.12 Å². The molecule has 1 rings (SSSR count). The van der Waals surface area contributed by atoms with Crippen LogP contribution in [0.5, 0.6) is 0 Å². The zero-order valence-electron chi connectivity index (χ0n) is 12.1. The van der Waals surface area contributed by atoms with E-state index >= 15 is 0 Å². The van der Waals surface area contributed by atoms with Gasteiger partial charge < -0.3 is 10.1 Å². The number of amides is 1. The minimum atomic E-state index is -0.389. The molecule has 1 aliphatic carbocycles. The van der Waals surface area contributed by atoms with Crippen molar-refractivity contribution in [3.8, 4) is 0 Å². The number of ether oxygens (including phenoxy) is 1. The molecule has 5 nitrogen and oxygen atoms in total. The second-order valence-electron chi connectivity index (χ2n) is 5.03. The number of esters is 1. The van der Waals surface area contributed by atoms with Crippen LogP contribution in [-0.2, 0) is 19.1 Å². The Labute approximate surface area is 124 Å². The first-order valence-corrected chi connectivity index (χ1v) is 8.01. The zero-order valence-corrected chi connectivity index (χ0v) is 13.0. The van der Waals surface area contributed by atoms with Crippen molar-refractivity contribution < 1.29 is 19.1 Å². The molecule has 0 spiro atoms. The first-order valence-electron chi connectivity index (χ1n) is 7.13. The Morgan fingerprint density at radius 2 is 2.05 bits per heavy atom. The van der Waals surface area contributed by atoms with Gasteiger partial charge in [-0.15, -0.1) is 0 Å². The number of unbranched alkanes of at least 4 members (excludes halogenated alkanes) is 1. The molecule has 0 aromatic carbocycles. The molecule has 0 bridgehead atoms. The van der Waals surface area contributed by atoms with Gasteiger partial charge in [0.05, 0.1) is 6.61 Å². The number of nitrogens with one attached hydrogen (secondary N) is 1. The van der Waals surface area contributed by atoms with Crippen LogP contribution in [-0.4, -0.2) is 35.4 Å². The molecule has 1 saturated carbocycles. The minimum Gasteiger partial charge on any atom is -0.464 e. The molecule has 0 radical (unpaired) electrons. The normalized spacial score (nSPS) is 21.5. The Bertz CT molecular complexity index is 359. The molecule has 20 heavy (non-hydrogen) atoms. The molecule has 1 aliphatic rings. The third-order valence-electron chi connectivity index (χ3n) is 3.26. The zero-order chi connectivity index (χ0) is 15.0. The lowest BCUT2D eigenvalue weighted by Crippen LogP contribution is -2.34. The van der Waals surface area contributed by atoms with E-state index in [1.165, 1.54) is 11.8 Å². The quantitative estimate of drug-likeness (QED) is 0.574. The summed E-state index contributed by atoms with van der Waals surface area (Å²) in [7, 11) is 0. The number of hydrogen-bond acceptors (Lipinski definition) is 5. The molecule has 0 saturated heterocycles. The van der Waals surface area contributed by atoms with Crippen LogP contribution in [0, 0.1) is 5.92 Å². The minimum absolute atomic E-state index is 0.0659. The van der Waals surface area contributed by atoms with E-state index in [0.717, 1.165) is 25.7 Å². The fraction of sp³-hybridized carbons (Fsp3) is 0.786. The van der Waals surface area contributed by atoms with E-state index in [0.29, 0.717) is 13.0 Å². The van der Waals surface area contributed by atoms with Gasteiger partial charge in [0, 0.05) is 18.1 Å². The topological polar surface area (TPSA) is 72.5 Å². The largest absolute Gasteiger partial charge is 0.464 e. The monoisotopic (exact) mass is 301 g/mol. The summed E-state index contributed by atoms with van der Waals surface area (Å²) >= 11 is 1.31. The van der Waals surface area contributed by atoms with Crippen molar-refractivity contribution in [2.24, 2.45) is 5.92 Å². The van der Waals surface area contributed by atoms with Crippen LogP contribution in [0.2, 0.25) is 0 Å². The van der Waals surface area contributed by atoms with Crippen LogP contribution >= 0.6 is 11.8 Å². The highest BCUT2D eigenvalue weighted by molar-refractivity contribution is 8.14. The van der Waals surface area contributed by atoms with Crippen molar-refractivity contribution >= 4 is 28.8 Å². The summed E-state index contributed by atoms with van der Waals surface area (Å²) in [5.74, 6) is -0.584. The van der Waals surface area contributed by atoms with Crippen molar-refractivity contribution in [1.82, 2.24) is 5.32 Å². The molecule has 114 valence electrons. The molecular formula is C14H23NO4S. The first-order chi connectivity index (χ1) is 9.52. The molecule has 1 amide bonds. The summed E-state index contributed by atoms with van der Waals surface area (Å²) in [6, 6.07) is 0. The summed E-state index contributed by atoms with van der Waals surface area (Å²) in [4.78, 5) is 34.3. The lowest BCUT2D eigenvalue weighted by Gasteiger charge is -2.11. The van der Waals surface area contributed by atoms with E-state index in [-0.39, 0.29) is 34.7 Å². The lowest BCUT2D eigenvalue weighted by molar-refractivity contribution is -0.144.